The number of aromatic nitrogens is 4. The van der Waals surface area contributed by atoms with Gasteiger partial charge in [-0.15, -0.1) is 0 Å². The molecule has 4 heteroatoms. The second kappa shape index (κ2) is 10.2. The van der Waals surface area contributed by atoms with Crippen LogP contribution in [-0.4, -0.2) is 19.1 Å². The Bertz CT molecular complexity index is 2270. The van der Waals surface area contributed by atoms with Gasteiger partial charge in [-0.05, 0) is 82.6 Å². The third-order valence-corrected chi connectivity index (χ3v) is 8.99. The third kappa shape index (κ3) is 3.98. The molecule has 0 aliphatic rings. The van der Waals surface area contributed by atoms with E-state index in [1.54, 1.807) is 0 Å². The lowest BCUT2D eigenvalue weighted by molar-refractivity contribution is 0.838. The zero-order chi connectivity index (χ0) is 29.9. The summed E-state index contributed by atoms with van der Waals surface area (Å²) in [5.41, 5.74) is 10.7. The average molecular weight is 571 g/mol. The molecule has 0 unspecified atom stereocenters. The van der Waals surface area contributed by atoms with E-state index in [-0.39, 0.29) is 0 Å². The summed E-state index contributed by atoms with van der Waals surface area (Å²) in [5, 5.41) is 4.78. The summed E-state index contributed by atoms with van der Waals surface area (Å²) >= 11 is 0. The van der Waals surface area contributed by atoms with Crippen LogP contribution in [0.25, 0.3) is 66.4 Å². The minimum atomic E-state index is 0.413. The Kier molecular flexibility index (Phi) is 6.12. The molecule has 0 fully saturated rings. The number of benzene rings is 4. The predicted octanol–water partition coefficient (Wildman–Crippen LogP) is 10.6. The summed E-state index contributed by atoms with van der Waals surface area (Å²) in [6, 6.07) is 39.3. The van der Waals surface area contributed by atoms with Gasteiger partial charge in [-0.1, -0.05) is 88.4 Å². The van der Waals surface area contributed by atoms with E-state index in [0.717, 1.165) is 39.1 Å². The van der Waals surface area contributed by atoms with Gasteiger partial charge in [-0.25, -0.2) is 9.97 Å². The van der Waals surface area contributed by atoms with Gasteiger partial charge in [0.05, 0.1) is 16.6 Å². The van der Waals surface area contributed by atoms with Crippen LogP contribution in [0.4, 0.5) is 0 Å². The van der Waals surface area contributed by atoms with Crippen molar-refractivity contribution < 1.29 is 0 Å². The molecule has 0 saturated heterocycles. The van der Waals surface area contributed by atoms with E-state index >= 15 is 0 Å². The SMILES string of the molecule is CC(C)c1cccc(C(C)C)c1-c1ccnc(-n2c3ccccc3c3ccc(-n4c5ccccc5c5cccnc54)cc32)c1. The molecule has 4 aromatic carbocycles. The molecule has 4 nitrogen and oxygen atoms in total. The maximum absolute atomic E-state index is 4.99. The molecule has 0 saturated carbocycles. The molecule has 0 N–H and O–H groups in total. The molecular weight excluding hydrogens is 536 g/mol. The van der Waals surface area contributed by atoms with Crippen LogP contribution in [-0.2, 0) is 0 Å². The summed E-state index contributed by atoms with van der Waals surface area (Å²) in [6.07, 6.45) is 3.84. The monoisotopic (exact) mass is 570 g/mol. The number of rotatable bonds is 5. The molecule has 0 atom stereocenters. The standard InChI is InChI=1S/C40H34N4/c1-25(2)29-13-9-14-30(26(3)4)39(29)27-20-22-41-38(23-27)44-36-17-8-5-11-31(36)33-19-18-28(24-37(33)44)43-35-16-7-6-12-32(35)34-15-10-21-42-40(34)43/h5-26H,1-4H3. The molecule has 8 rings (SSSR count). The molecule has 214 valence electrons. The van der Waals surface area contributed by atoms with Crippen LogP contribution in [0, 0.1) is 0 Å². The van der Waals surface area contributed by atoms with Crippen LogP contribution in [0.3, 0.4) is 0 Å². The van der Waals surface area contributed by atoms with Crippen LogP contribution >= 0.6 is 0 Å². The van der Waals surface area contributed by atoms with Gasteiger partial charge in [0.15, 0.2) is 0 Å². The first-order chi connectivity index (χ1) is 21.5. The fraction of sp³-hybridized carbons (Fsp3) is 0.150. The van der Waals surface area contributed by atoms with Gasteiger partial charge in [-0.2, -0.15) is 0 Å². The van der Waals surface area contributed by atoms with Gasteiger partial charge in [0, 0.05) is 39.6 Å². The maximum Gasteiger partial charge on any atom is 0.145 e. The van der Waals surface area contributed by atoms with Gasteiger partial charge in [-0.3, -0.25) is 9.13 Å². The average Bonchev–Trinajstić information content (AvgIpc) is 3.57. The van der Waals surface area contributed by atoms with Crippen LogP contribution in [0.5, 0.6) is 0 Å². The van der Waals surface area contributed by atoms with E-state index < -0.39 is 0 Å². The van der Waals surface area contributed by atoms with Crippen molar-refractivity contribution in [3.63, 3.8) is 0 Å². The van der Waals surface area contributed by atoms with E-state index in [2.05, 4.69) is 140 Å². The van der Waals surface area contributed by atoms with Crippen molar-refractivity contribution in [2.75, 3.05) is 0 Å². The second-order valence-electron chi connectivity index (χ2n) is 12.3. The molecule has 0 aliphatic heterocycles. The van der Waals surface area contributed by atoms with E-state index in [4.69, 9.17) is 9.97 Å². The first-order valence-corrected chi connectivity index (χ1v) is 15.5. The number of fused-ring (bicyclic) bond motifs is 6. The molecule has 0 radical (unpaired) electrons. The number of hydrogen-bond donors (Lipinski definition) is 0. The number of pyridine rings is 2. The van der Waals surface area contributed by atoms with Gasteiger partial charge in [0.1, 0.15) is 11.5 Å². The van der Waals surface area contributed by atoms with Crippen molar-refractivity contribution in [2.24, 2.45) is 0 Å². The Morgan fingerprint density at radius 1 is 0.500 bits per heavy atom. The van der Waals surface area contributed by atoms with Crippen LogP contribution < -0.4 is 0 Å². The minimum Gasteiger partial charge on any atom is -0.294 e. The molecule has 4 aromatic heterocycles. The van der Waals surface area contributed by atoms with Gasteiger partial charge in [0.25, 0.3) is 0 Å². The Balaban J connectivity index is 1.41. The topological polar surface area (TPSA) is 35.6 Å². The highest BCUT2D eigenvalue weighted by atomic mass is 15.1. The van der Waals surface area contributed by atoms with Crippen molar-refractivity contribution in [1.82, 2.24) is 19.1 Å². The number of nitrogens with zero attached hydrogens (tertiary/aromatic N) is 4. The molecule has 8 aromatic rings. The van der Waals surface area contributed by atoms with E-state index in [1.165, 1.54) is 38.4 Å². The first-order valence-electron chi connectivity index (χ1n) is 15.5. The molecule has 4 heterocycles. The predicted molar refractivity (Wildman–Crippen MR) is 184 cm³/mol. The quantitative estimate of drug-likeness (QED) is 0.206. The zero-order valence-corrected chi connectivity index (χ0v) is 25.5. The summed E-state index contributed by atoms with van der Waals surface area (Å²) < 4.78 is 4.61. The fourth-order valence-corrected chi connectivity index (χ4v) is 6.98. The van der Waals surface area contributed by atoms with E-state index in [1.807, 2.05) is 18.5 Å². The second-order valence-corrected chi connectivity index (χ2v) is 12.3. The summed E-state index contributed by atoms with van der Waals surface area (Å²) in [6.45, 7) is 9.12. The maximum atomic E-state index is 4.99. The van der Waals surface area contributed by atoms with Crippen LogP contribution in [0.1, 0.15) is 50.7 Å². The summed E-state index contributed by atoms with van der Waals surface area (Å²) in [7, 11) is 0. The summed E-state index contributed by atoms with van der Waals surface area (Å²) in [4.78, 5) is 9.82. The van der Waals surface area contributed by atoms with E-state index in [9.17, 15) is 0 Å². The number of hydrogen-bond acceptors (Lipinski definition) is 2. The Morgan fingerprint density at radius 3 is 1.86 bits per heavy atom. The summed E-state index contributed by atoms with van der Waals surface area (Å²) in [5.74, 6) is 1.74. The molecular formula is C40H34N4. The lowest BCUT2D eigenvalue weighted by Gasteiger charge is -2.20. The molecule has 44 heavy (non-hydrogen) atoms. The van der Waals surface area contributed by atoms with Crippen molar-refractivity contribution in [3.8, 4) is 22.6 Å². The third-order valence-electron chi connectivity index (χ3n) is 8.99. The molecule has 0 spiro atoms. The lowest BCUT2D eigenvalue weighted by atomic mass is 9.85. The molecule has 0 aliphatic carbocycles. The van der Waals surface area contributed by atoms with E-state index in [0.29, 0.717) is 11.8 Å². The zero-order valence-electron chi connectivity index (χ0n) is 25.5. The highest BCUT2D eigenvalue weighted by molar-refractivity contribution is 6.11. The molecule has 0 bridgehead atoms. The lowest BCUT2D eigenvalue weighted by Crippen LogP contribution is -2.02. The highest BCUT2D eigenvalue weighted by Crippen LogP contribution is 2.39. The van der Waals surface area contributed by atoms with Crippen molar-refractivity contribution in [3.05, 3.63) is 133 Å². The van der Waals surface area contributed by atoms with Crippen molar-refractivity contribution >= 4 is 43.7 Å². The normalized spacial score (nSPS) is 12.0. The van der Waals surface area contributed by atoms with Gasteiger partial charge >= 0.3 is 0 Å². The van der Waals surface area contributed by atoms with Crippen LogP contribution in [0.2, 0.25) is 0 Å². The highest BCUT2D eigenvalue weighted by Gasteiger charge is 2.19. The van der Waals surface area contributed by atoms with Crippen LogP contribution in [0.15, 0.2) is 122 Å². The Morgan fingerprint density at radius 2 is 1.14 bits per heavy atom. The minimum absolute atomic E-state index is 0.413. The fourth-order valence-electron chi connectivity index (χ4n) is 6.98. The first kappa shape index (κ1) is 26.4. The number of para-hydroxylation sites is 2. The van der Waals surface area contributed by atoms with Crippen molar-refractivity contribution in [2.45, 2.75) is 39.5 Å². The Labute approximate surface area is 257 Å². The van der Waals surface area contributed by atoms with Crippen molar-refractivity contribution in [1.29, 1.82) is 0 Å². The molecule has 0 amide bonds. The largest absolute Gasteiger partial charge is 0.294 e. The van der Waals surface area contributed by atoms with Gasteiger partial charge < -0.3 is 0 Å². The Hall–Kier alpha value is -5.22. The smallest absolute Gasteiger partial charge is 0.145 e. The van der Waals surface area contributed by atoms with Gasteiger partial charge in [0.2, 0.25) is 0 Å².